The molecule has 1 aromatic rings. The molecule has 2 heterocycles. The first-order valence-electron chi connectivity index (χ1n) is 6.66. The van der Waals surface area contributed by atoms with Crippen molar-refractivity contribution in [3.63, 3.8) is 0 Å². The summed E-state index contributed by atoms with van der Waals surface area (Å²) >= 11 is 5.91. The van der Waals surface area contributed by atoms with Crippen LogP contribution in [0.4, 0.5) is 0 Å². The summed E-state index contributed by atoms with van der Waals surface area (Å²) in [6.45, 7) is 6.00. The van der Waals surface area contributed by atoms with E-state index < -0.39 is 0 Å². The molecular formula is C13H20ClN3O. The first kappa shape index (κ1) is 13.6. The Balaban J connectivity index is 1.80. The topological polar surface area (TPSA) is 38.2 Å². The summed E-state index contributed by atoms with van der Waals surface area (Å²) in [5.41, 5.74) is 0. The Morgan fingerprint density at radius 2 is 2.06 bits per heavy atom. The lowest BCUT2D eigenvalue weighted by atomic mass is 10.1. The van der Waals surface area contributed by atoms with E-state index in [0.29, 0.717) is 17.6 Å². The second-order valence-electron chi connectivity index (χ2n) is 4.55. The Kier molecular flexibility index (Phi) is 5.20. The van der Waals surface area contributed by atoms with Gasteiger partial charge in [-0.05, 0) is 25.9 Å². The molecule has 100 valence electrons. The fraction of sp³-hybridized carbons (Fsp3) is 0.692. The molecule has 5 heteroatoms. The summed E-state index contributed by atoms with van der Waals surface area (Å²) in [5, 5.41) is 0.454. The van der Waals surface area contributed by atoms with Crippen LogP contribution in [0.2, 0.25) is 5.15 Å². The van der Waals surface area contributed by atoms with Crippen molar-refractivity contribution in [1.82, 2.24) is 14.9 Å². The lowest BCUT2D eigenvalue weighted by molar-refractivity contribution is 0.180. The quantitative estimate of drug-likeness (QED) is 0.770. The predicted octanol–water partition coefficient (Wildman–Crippen LogP) is 2.56. The molecule has 1 aliphatic rings. The highest BCUT2D eigenvalue weighted by Crippen LogP contribution is 2.14. The largest absolute Gasteiger partial charge is 0.476 e. The molecule has 1 aliphatic heterocycles. The Morgan fingerprint density at radius 3 is 2.78 bits per heavy atom. The third-order valence-electron chi connectivity index (χ3n) is 3.14. The minimum Gasteiger partial charge on any atom is -0.476 e. The van der Waals surface area contributed by atoms with Gasteiger partial charge in [0, 0.05) is 19.0 Å². The number of hydrogen-bond acceptors (Lipinski definition) is 4. The number of piperidine rings is 1. The van der Waals surface area contributed by atoms with Crippen LogP contribution in [0.1, 0.15) is 32.0 Å². The number of aromatic nitrogens is 2. The van der Waals surface area contributed by atoms with Crippen LogP contribution in [0.5, 0.6) is 5.88 Å². The average Bonchev–Trinajstić information content (AvgIpc) is 2.39. The number of aryl methyl sites for hydroxylation is 1. The van der Waals surface area contributed by atoms with E-state index in [2.05, 4.69) is 14.9 Å². The lowest BCUT2D eigenvalue weighted by Crippen LogP contribution is -2.33. The summed E-state index contributed by atoms with van der Waals surface area (Å²) in [6, 6.07) is 1.68. The van der Waals surface area contributed by atoms with Crippen molar-refractivity contribution in [2.75, 3.05) is 26.2 Å². The van der Waals surface area contributed by atoms with Crippen molar-refractivity contribution in [1.29, 1.82) is 0 Å². The van der Waals surface area contributed by atoms with E-state index in [9.17, 15) is 0 Å². The number of likely N-dealkylation sites (tertiary alicyclic amines) is 1. The minimum atomic E-state index is 0.454. The molecule has 0 atom stereocenters. The number of halogens is 1. The van der Waals surface area contributed by atoms with Crippen molar-refractivity contribution in [2.24, 2.45) is 0 Å². The molecular weight excluding hydrogens is 250 g/mol. The van der Waals surface area contributed by atoms with Crippen LogP contribution >= 0.6 is 11.6 Å². The highest BCUT2D eigenvalue weighted by molar-refractivity contribution is 6.29. The van der Waals surface area contributed by atoms with Crippen molar-refractivity contribution < 1.29 is 4.74 Å². The van der Waals surface area contributed by atoms with Gasteiger partial charge in [-0.2, -0.15) is 4.98 Å². The Morgan fingerprint density at radius 1 is 1.28 bits per heavy atom. The summed E-state index contributed by atoms with van der Waals surface area (Å²) in [4.78, 5) is 10.9. The second-order valence-corrected chi connectivity index (χ2v) is 4.94. The zero-order chi connectivity index (χ0) is 12.8. The van der Waals surface area contributed by atoms with Gasteiger partial charge in [0.25, 0.3) is 0 Å². The van der Waals surface area contributed by atoms with Gasteiger partial charge >= 0.3 is 0 Å². The first-order chi connectivity index (χ1) is 8.78. The molecule has 1 aromatic heterocycles. The van der Waals surface area contributed by atoms with Gasteiger partial charge < -0.3 is 4.74 Å². The molecule has 0 bridgehead atoms. The molecule has 0 unspecified atom stereocenters. The molecule has 18 heavy (non-hydrogen) atoms. The minimum absolute atomic E-state index is 0.454. The second kappa shape index (κ2) is 6.90. The van der Waals surface area contributed by atoms with E-state index in [0.717, 1.165) is 18.8 Å². The van der Waals surface area contributed by atoms with Gasteiger partial charge in [-0.25, -0.2) is 4.98 Å². The van der Waals surface area contributed by atoms with Crippen molar-refractivity contribution in [3.05, 3.63) is 17.0 Å². The van der Waals surface area contributed by atoms with E-state index in [1.807, 2.05) is 6.92 Å². The Hall–Kier alpha value is -0.870. The molecule has 1 fully saturated rings. The van der Waals surface area contributed by atoms with Gasteiger partial charge in [0.2, 0.25) is 5.88 Å². The Bertz CT molecular complexity index is 380. The van der Waals surface area contributed by atoms with Crippen molar-refractivity contribution in [2.45, 2.75) is 32.6 Å². The van der Waals surface area contributed by atoms with Crippen LogP contribution in [-0.2, 0) is 6.42 Å². The zero-order valence-electron chi connectivity index (χ0n) is 10.9. The molecule has 0 radical (unpaired) electrons. The molecule has 0 spiro atoms. The molecule has 4 nitrogen and oxygen atoms in total. The maximum absolute atomic E-state index is 5.91. The number of nitrogens with zero attached hydrogens (tertiary/aromatic N) is 3. The summed E-state index contributed by atoms with van der Waals surface area (Å²) < 4.78 is 5.65. The van der Waals surface area contributed by atoms with E-state index in [-0.39, 0.29) is 0 Å². The third kappa shape index (κ3) is 4.10. The average molecular weight is 270 g/mol. The summed E-state index contributed by atoms with van der Waals surface area (Å²) in [5.74, 6) is 1.32. The first-order valence-corrected chi connectivity index (χ1v) is 7.04. The van der Waals surface area contributed by atoms with E-state index >= 15 is 0 Å². The van der Waals surface area contributed by atoms with Crippen LogP contribution in [-0.4, -0.2) is 41.1 Å². The van der Waals surface area contributed by atoms with Crippen LogP contribution < -0.4 is 4.74 Å². The smallest absolute Gasteiger partial charge is 0.218 e. The SMILES string of the molecule is CCc1nc(Cl)cc(OCCN2CCCCC2)n1. The van der Waals surface area contributed by atoms with E-state index in [1.54, 1.807) is 6.07 Å². The molecule has 0 aliphatic carbocycles. The maximum Gasteiger partial charge on any atom is 0.218 e. The zero-order valence-corrected chi connectivity index (χ0v) is 11.6. The van der Waals surface area contributed by atoms with Crippen molar-refractivity contribution >= 4 is 11.6 Å². The monoisotopic (exact) mass is 269 g/mol. The predicted molar refractivity (Wildman–Crippen MR) is 72.2 cm³/mol. The van der Waals surface area contributed by atoms with E-state index in [1.165, 1.54) is 32.4 Å². The molecule has 0 amide bonds. The molecule has 0 N–H and O–H groups in total. The summed E-state index contributed by atoms with van der Waals surface area (Å²) in [6.07, 6.45) is 4.74. The van der Waals surface area contributed by atoms with Crippen LogP contribution in [0.3, 0.4) is 0 Å². The number of hydrogen-bond donors (Lipinski definition) is 0. The normalized spacial score (nSPS) is 16.8. The Labute approximate surface area is 113 Å². The van der Waals surface area contributed by atoms with E-state index in [4.69, 9.17) is 16.3 Å². The fourth-order valence-electron chi connectivity index (χ4n) is 2.14. The van der Waals surface area contributed by atoms with Gasteiger partial charge in [0.1, 0.15) is 17.6 Å². The van der Waals surface area contributed by atoms with Crippen LogP contribution in [0.25, 0.3) is 0 Å². The van der Waals surface area contributed by atoms with Crippen LogP contribution in [0, 0.1) is 0 Å². The molecule has 0 aromatic carbocycles. The van der Waals surface area contributed by atoms with Gasteiger partial charge in [0.15, 0.2) is 0 Å². The van der Waals surface area contributed by atoms with Gasteiger partial charge in [0.05, 0.1) is 0 Å². The molecule has 1 saturated heterocycles. The number of ether oxygens (including phenoxy) is 1. The van der Waals surface area contributed by atoms with Gasteiger partial charge in [-0.15, -0.1) is 0 Å². The highest BCUT2D eigenvalue weighted by Gasteiger charge is 2.10. The third-order valence-corrected chi connectivity index (χ3v) is 3.33. The van der Waals surface area contributed by atoms with Crippen LogP contribution in [0.15, 0.2) is 6.07 Å². The van der Waals surface area contributed by atoms with Gasteiger partial charge in [-0.3, -0.25) is 4.90 Å². The summed E-state index contributed by atoms with van der Waals surface area (Å²) in [7, 11) is 0. The fourth-order valence-corrected chi connectivity index (χ4v) is 2.33. The number of rotatable bonds is 5. The lowest BCUT2D eigenvalue weighted by Gasteiger charge is -2.26. The molecule has 2 rings (SSSR count). The standard InChI is InChI=1S/C13H20ClN3O/c1-2-12-15-11(14)10-13(16-12)18-9-8-17-6-4-3-5-7-17/h10H,2-9H2,1H3. The van der Waals surface area contributed by atoms with Gasteiger partial charge in [-0.1, -0.05) is 24.9 Å². The highest BCUT2D eigenvalue weighted by atomic mass is 35.5. The maximum atomic E-state index is 5.91. The van der Waals surface area contributed by atoms with Crippen molar-refractivity contribution in [3.8, 4) is 5.88 Å². The molecule has 0 saturated carbocycles.